The van der Waals surface area contributed by atoms with Gasteiger partial charge in [0.15, 0.2) is 0 Å². The lowest BCUT2D eigenvalue weighted by Gasteiger charge is -2.22. The van der Waals surface area contributed by atoms with Gasteiger partial charge in [-0.05, 0) is 55.2 Å². The maximum atomic E-state index is 13.3. The highest BCUT2D eigenvalue weighted by atomic mass is 16.2. The van der Waals surface area contributed by atoms with Gasteiger partial charge in [-0.15, -0.1) is 6.58 Å². The molecule has 0 saturated carbocycles. The molecule has 0 unspecified atom stereocenters. The average Bonchev–Trinajstić information content (AvgIpc) is 3.23. The molecule has 0 aliphatic carbocycles. The molecule has 32 heavy (non-hydrogen) atoms. The molecule has 0 fully saturated rings. The van der Waals surface area contributed by atoms with Gasteiger partial charge in [0.05, 0.1) is 6.54 Å². The Labute approximate surface area is 193 Å². The number of hydrogen-bond acceptors (Lipinski definition) is 1. The third-order valence-electron chi connectivity index (χ3n) is 5.87. The van der Waals surface area contributed by atoms with Crippen LogP contribution in [0.15, 0.2) is 79.5 Å². The van der Waals surface area contributed by atoms with E-state index in [2.05, 4.69) is 79.7 Å². The molecule has 0 aliphatic rings. The Morgan fingerprint density at radius 3 is 2.53 bits per heavy atom. The van der Waals surface area contributed by atoms with Gasteiger partial charge in [-0.25, -0.2) is 0 Å². The molecule has 1 heterocycles. The molecular formula is C29H36N2O. The number of benzene rings is 2. The Bertz CT molecular complexity index is 1000. The second-order valence-corrected chi connectivity index (χ2v) is 8.60. The van der Waals surface area contributed by atoms with Crippen LogP contribution in [0.1, 0.15) is 65.3 Å². The summed E-state index contributed by atoms with van der Waals surface area (Å²) in [5.74, 6) is 0.0470. The SMILES string of the molecule is C=CCN(Cc1cccn1Cc1cccc(C)c1)C(=O)c1ccc(CCCCCC)cc1. The van der Waals surface area contributed by atoms with Crippen molar-refractivity contribution in [3.8, 4) is 0 Å². The van der Waals surface area contributed by atoms with Crippen molar-refractivity contribution in [2.45, 2.75) is 59.0 Å². The average molecular weight is 429 g/mol. The molecule has 0 N–H and O–H groups in total. The summed E-state index contributed by atoms with van der Waals surface area (Å²) in [6.45, 7) is 10.1. The lowest BCUT2D eigenvalue weighted by atomic mass is 10.0. The summed E-state index contributed by atoms with van der Waals surface area (Å²) in [5.41, 5.74) is 5.68. The Morgan fingerprint density at radius 2 is 1.81 bits per heavy atom. The van der Waals surface area contributed by atoms with Gasteiger partial charge in [0.1, 0.15) is 0 Å². The van der Waals surface area contributed by atoms with Gasteiger partial charge in [0.2, 0.25) is 0 Å². The van der Waals surface area contributed by atoms with Crippen molar-refractivity contribution in [2.24, 2.45) is 0 Å². The van der Waals surface area contributed by atoms with Gasteiger partial charge in [0.25, 0.3) is 5.91 Å². The molecule has 0 bridgehead atoms. The molecule has 0 spiro atoms. The first-order valence-corrected chi connectivity index (χ1v) is 11.8. The fourth-order valence-corrected chi connectivity index (χ4v) is 4.08. The molecule has 3 rings (SSSR count). The maximum Gasteiger partial charge on any atom is 0.254 e. The molecule has 0 atom stereocenters. The van der Waals surface area contributed by atoms with E-state index >= 15 is 0 Å². The second-order valence-electron chi connectivity index (χ2n) is 8.60. The minimum Gasteiger partial charge on any atom is -0.345 e. The Hall–Kier alpha value is -3.07. The molecule has 3 nitrogen and oxygen atoms in total. The van der Waals surface area contributed by atoms with Crippen LogP contribution in [-0.4, -0.2) is 21.9 Å². The fraction of sp³-hybridized carbons (Fsp3) is 0.345. The summed E-state index contributed by atoms with van der Waals surface area (Å²) in [4.78, 5) is 15.1. The van der Waals surface area contributed by atoms with Crippen molar-refractivity contribution in [1.29, 1.82) is 0 Å². The van der Waals surface area contributed by atoms with Crippen molar-refractivity contribution < 1.29 is 4.79 Å². The molecule has 3 aromatic rings. The van der Waals surface area contributed by atoms with Crippen LogP contribution in [0.4, 0.5) is 0 Å². The van der Waals surface area contributed by atoms with Crippen LogP contribution in [0.5, 0.6) is 0 Å². The van der Waals surface area contributed by atoms with Crippen LogP contribution in [0.25, 0.3) is 0 Å². The van der Waals surface area contributed by atoms with E-state index in [-0.39, 0.29) is 5.91 Å². The van der Waals surface area contributed by atoms with E-state index < -0.39 is 0 Å². The summed E-state index contributed by atoms with van der Waals surface area (Å²) in [7, 11) is 0. The van der Waals surface area contributed by atoms with Crippen LogP contribution in [0.2, 0.25) is 0 Å². The predicted octanol–water partition coefficient (Wildman–Crippen LogP) is 6.80. The van der Waals surface area contributed by atoms with E-state index in [1.165, 1.54) is 42.4 Å². The Morgan fingerprint density at radius 1 is 1.00 bits per heavy atom. The molecular weight excluding hydrogens is 392 g/mol. The Kier molecular flexibility index (Phi) is 8.91. The molecule has 168 valence electrons. The van der Waals surface area contributed by atoms with Crippen LogP contribution < -0.4 is 0 Å². The van der Waals surface area contributed by atoms with Gasteiger partial charge >= 0.3 is 0 Å². The molecule has 1 amide bonds. The first-order chi connectivity index (χ1) is 15.6. The number of nitrogens with zero attached hydrogens (tertiary/aromatic N) is 2. The van der Waals surface area contributed by atoms with Crippen molar-refractivity contribution in [3.63, 3.8) is 0 Å². The number of aromatic nitrogens is 1. The number of aryl methyl sites for hydroxylation is 2. The third kappa shape index (κ3) is 6.71. The molecule has 0 radical (unpaired) electrons. The summed E-state index contributed by atoms with van der Waals surface area (Å²) in [6.07, 6.45) is 9.99. The monoisotopic (exact) mass is 428 g/mol. The topological polar surface area (TPSA) is 25.2 Å². The van der Waals surface area contributed by atoms with E-state index in [1.54, 1.807) is 6.08 Å². The van der Waals surface area contributed by atoms with Gasteiger partial charge in [-0.2, -0.15) is 0 Å². The van der Waals surface area contributed by atoms with E-state index in [0.717, 1.165) is 24.2 Å². The molecule has 0 saturated heterocycles. The highest BCUT2D eigenvalue weighted by Gasteiger charge is 2.17. The summed E-state index contributed by atoms with van der Waals surface area (Å²) in [6, 6.07) is 20.9. The number of carbonyl (C=O) groups excluding carboxylic acids is 1. The minimum atomic E-state index is 0.0470. The van der Waals surface area contributed by atoms with Crippen molar-refractivity contribution in [2.75, 3.05) is 6.54 Å². The van der Waals surface area contributed by atoms with E-state index in [9.17, 15) is 4.79 Å². The van der Waals surface area contributed by atoms with Crippen molar-refractivity contribution >= 4 is 5.91 Å². The summed E-state index contributed by atoms with van der Waals surface area (Å²) < 4.78 is 2.22. The highest BCUT2D eigenvalue weighted by molar-refractivity contribution is 5.94. The standard InChI is InChI=1S/C29H36N2O/c1-4-6-7-8-12-25-15-17-27(18-16-25)29(32)31(19-5-2)23-28-14-10-20-30(28)22-26-13-9-11-24(3)21-26/h5,9-11,13-18,20-21H,2,4,6-8,12,19,22-23H2,1,3H3. The van der Waals surface area contributed by atoms with Crippen LogP contribution in [0, 0.1) is 6.92 Å². The molecule has 1 aromatic heterocycles. The molecule has 0 aliphatic heterocycles. The number of unbranched alkanes of at least 4 members (excludes halogenated alkanes) is 3. The molecule has 3 heteroatoms. The Balaban J connectivity index is 1.67. The van der Waals surface area contributed by atoms with Crippen molar-refractivity contribution in [1.82, 2.24) is 9.47 Å². The minimum absolute atomic E-state index is 0.0470. The van der Waals surface area contributed by atoms with Gasteiger partial charge in [0, 0.05) is 30.5 Å². The zero-order valence-corrected chi connectivity index (χ0v) is 19.6. The van der Waals surface area contributed by atoms with E-state index in [1.807, 2.05) is 17.0 Å². The number of rotatable bonds is 12. The van der Waals surface area contributed by atoms with Crippen LogP contribution >= 0.6 is 0 Å². The normalized spacial score (nSPS) is 10.8. The van der Waals surface area contributed by atoms with E-state index in [4.69, 9.17) is 0 Å². The zero-order chi connectivity index (χ0) is 22.8. The summed E-state index contributed by atoms with van der Waals surface area (Å²) >= 11 is 0. The fourth-order valence-electron chi connectivity index (χ4n) is 4.08. The van der Waals surface area contributed by atoms with Gasteiger partial charge < -0.3 is 9.47 Å². The number of carbonyl (C=O) groups is 1. The third-order valence-corrected chi connectivity index (χ3v) is 5.87. The number of amides is 1. The summed E-state index contributed by atoms with van der Waals surface area (Å²) in [5, 5.41) is 0. The van der Waals surface area contributed by atoms with Gasteiger partial charge in [-0.1, -0.05) is 74.2 Å². The predicted molar refractivity (Wildman–Crippen MR) is 134 cm³/mol. The van der Waals surface area contributed by atoms with Gasteiger partial charge in [-0.3, -0.25) is 4.79 Å². The highest BCUT2D eigenvalue weighted by Crippen LogP contribution is 2.16. The van der Waals surface area contributed by atoms with Crippen LogP contribution in [-0.2, 0) is 19.5 Å². The lowest BCUT2D eigenvalue weighted by molar-refractivity contribution is 0.0759. The lowest BCUT2D eigenvalue weighted by Crippen LogP contribution is -2.31. The zero-order valence-electron chi connectivity index (χ0n) is 19.6. The maximum absolute atomic E-state index is 13.3. The second kappa shape index (κ2) is 12.1. The van der Waals surface area contributed by atoms with Crippen molar-refractivity contribution in [3.05, 3.63) is 107 Å². The first kappa shape index (κ1) is 23.6. The number of hydrogen-bond donors (Lipinski definition) is 0. The first-order valence-electron chi connectivity index (χ1n) is 11.8. The largest absolute Gasteiger partial charge is 0.345 e. The van der Waals surface area contributed by atoms with E-state index in [0.29, 0.717) is 13.1 Å². The van der Waals surface area contributed by atoms with Crippen LogP contribution in [0.3, 0.4) is 0 Å². The quantitative estimate of drug-likeness (QED) is 0.230. The smallest absolute Gasteiger partial charge is 0.254 e. The molecule has 2 aromatic carbocycles.